The standard InChI is InChI=1S/C15H23BrN2O/c1-17-8-10-18(11-9-17)7-2-3-12-19-15-6-4-5-14(16)13-15/h4-6,13H,2-3,7-12H2,1H3. The second kappa shape index (κ2) is 7.88. The third-order valence-corrected chi connectivity index (χ3v) is 4.02. The van der Waals surface area contributed by atoms with Gasteiger partial charge >= 0.3 is 0 Å². The molecule has 0 radical (unpaired) electrons. The molecular formula is C15H23BrN2O. The van der Waals surface area contributed by atoms with Crippen LogP contribution in [-0.2, 0) is 0 Å². The number of ether oxygens (including phenoxy) is 1. The Hall–Kier alpha value is -0.580. The molecule has 0 spiro atoms. The molecule has 1 aliphatic heterocycles. The summed E-state index contributed by atoms with van der Waals surface area (Å²) in [6.45, 7) is 6.84. The molecule has 0 aromatic heterocycles. The van der Waals surface area contributed by atoms with Crippen molar-refractivity contribution in [2.24, 2.45) is 0 Å². The molecule has 0 unspecified atom stereocenters. The van der Waals surface area contributed by atoms with E-state index in [1.54, 1.807) is 0 Å². The van der Waals surface area contributed by atoms with Crippen molar-refractivity contribution < 1.29 is 4.74 Å². The second-order valence-corrected chi connectivity index (χ2v) is 6.07. The molecule has 3 nitrogen and oxygen atoms in total. The van der Waals surface area contributed by atoms with Gasteiger partial charge in [-0.2, -0.15) is 0 Å². The average molecular weight is 327 g/mol. The Morgan fingerprint density at radius 2 is 1.95 bits per heavy atom. The van der Waals surface area contributed by atoms with E-state index < -0.39 is 0 Å². The monoisotopic (exact) mass is 326 g/mol. The Morgan fingerprint density at radius 1 is 1.16 bits per heavy atom. The molecule has 1 heterocycles. The first-order chi connectivity index (χ1) is 9.24. The van der Waals surface area contributed by atoms with Crippen molar-refractivity contribution in [3.8, 4) is 5.75 Å². The quantitative estimate of drug-likeness (QED) is 0.747. The van der Waals surface area contributed by atoms with E-state index >= 15 is 0 Å². The summed E-state index contributed by atoms with van der Waals surface area (Å²) in [6.07, 6.45) is 2.34. The number of piperazine rings is 1. The van der Waals surface area contributed by atoms with Gasteiger partial charge < -0.3 is 14.5 Å². The Balaban J connectivity index is 1.55. The van der Waals surface area contributed by atoms with Crippen LogP contribution in [0.2, 0.25) is 0 Å². The molecule has 0 aliphatic carbocycles. The van der Waals surface area contributed by atoms with E-state index in [-0.39, 0.29) is 0 Å². The first-order valence-corrected chi connectivity index (χ1v) is 7.82. The van der Waals surface area contributed by atoms with Gasteiger partial charge in [0.05, 0.1) is 6.61 Å². The van der Waals surface area contributed by atoms with Gasteiger partial charge in [0.2, 0.25) is 0 Å². The molecule has 1 saturated heterocycles. The van der Waals surface area contributed by atoms with Gasteiger partial charge in [-0.1, -0.05) is 22.0 Å². The number of hydrogen-bond donors (Lipinski definition) is 0. The Labute approximate surface area is 124 Å². The lowest BCUT2D eigenvalue weighted by Crippen LogP contribution is -2.44. The third kappa shape index (κ3) is 5.51. The molecule has 0 bridgehead atoms. The van der Waals surface area contributed by atoms with E-state index in [0.717, 1.165) is 23.2 Å². The van der Waals surface area contributed by atoms with Crippen LogP contribution in [0, 0.1) is 0 Å². The second-order valence-electron chi connectivity index (χ2n) is 5.16. The zero-order chi connectivity index (χ0) is 13.5. The van der Waals surface area contributed by atoms with Gasteiger partial charge in [0.25, 0.3) is 0 Å². The Bertz CT molecular complexity index is 378. The average Bonchev–Trinajstić information content (AvgIpc) is 2.41. The highest BCUT2D eigenvalue weighted by Crippen LogP contribution is 2.17. The molecule has 4 heteroatoms. The predicted octanol–water partition coefficient (Wildman–Crippen LogP) is 2.86. The van der Waals surface area contributed by atoms with Gasteiger partial charge in [-0.15, -0.1) is 0 Å². The minimum Gasteiger partial charge on any atom is -0.494 e. The SMILES string of the molecule is CN1CCN(CCCCOc2cccc(Br)c2)CC1. The summed E-state index contributed by atoms with van der Waals surface area (Å²) in [4.78, 5) is 4.95. The van der Waals surface area contributed by atoms with Crippen LogP contribution in [0.5, 0.6) is 5.75 Å². The maximum absolute atomic E-state index is 5.74. The zero-order valence-electron chi connectivity index (χ0n) is 11.6. The van der Waals surface area contributed by atoms with Crippen LogP contribution in [-0.4, -0.2) is 56.2 Å². The highest BCUT2D eigenvalue weighted by Gasteiger charge is 2.12. The van der Waals surface area contributed by atoms with E-state index in [1.165, 1.54) is 39.1 Å². The van der Waals surface area contributed by atoms with Crippen LogP contribution >= 0.6 is 15.9 Å². The fourth-order valence-electron chi connectivity index (χ4n) is 2.26. The molecule has 1 aromatic carbocycles. The van der Waals surface area contributed by atoms with Gasteiger partial charge in [-0.25, -0.2) is 0 Å². The van der Waals surface area contributed by atoms with E-state index in [2.05, 4.69) is 32.8 Å². The molecule has 1 fully saturated rings. The summed E-state index contributed by atoms with van der Waals surface area (Å²) in [5.41, 5.74) is 0. The number of halogens is 1. The minimum absolute atomic E-state index is 0.810. The summed E-state index contributed by atoms with van der Waals surface area (Å²) in [5, 5.41) is 0. The number of benzene rings is 1. The number of unbranched alkanes of at least 4 members (excludes halogenated alkanes) is 1. The normalized spacial score (nSPS) is 17.6. The van der Waals surface area contributed by atoms with Crippen LogP contribution in [0.15, 0.2) is 28.7 Å². The fourth-order valence-corrected chi connectivity index (χ4v) is 2.63. The molecule has 1 aliphatic rings. The number of rotatable bonds is 6. The number of hydrogen-bond acceptors (Lipinski definition) is 3. The van der Waals surface area contributed by atoms with Crippen molar-refractivity contribution in [2.45, 2.75) is 12.8 Å². The highest BCUT2D eigenvalue weighted by molar-refractivity contribution is 9.10. The van der Waals surface area contributed by atoms with Gasteiger partial charge in [-0.05, 0) is 44.6 Å². The summed E-state index contributed by atoms with van der Waals surface area (Å²) < 4.78 is 6.81. The zero-order valence-corrected chi connectivity index (χ0v) is 13.2. The number of likely N-dealkylation sites (N-methyl/N-ethyl adjacent to an activating group) is 1. The summed E-state index contributed by atoms with van der Waals surface area (Å²) in [5.74, 6) is 0.953. The first-order valence-electron chi connectivity index (χ1n) is 7.03. The first kappa shape index (κ1) is 14.8. The smallest absolute Gasteiger partial charge is 0.120 e. The van der Waals surface area contributed by atoms with Crippen molar-refractivity contribution in [2.75, 3.05) is 46.4 Å². The summed E-state index contributed by atoms with van der Waals surface area (Å²) >= 11 is 3.45. The molecular weight excluding hydrogens is 304 g/mol. The van der Waals surface area contributed by atoms with E-state index in [4.69, 9.17) is 4.74 Å². The Kier molecular flexibility index (Phi) is 6.14. The molecule has 0 atom stereocenters. The summed E-state index contributed by atoms with van der Waals surface area (Å²) in [7, 11) is 2.20. The van der Waals surface area contributed by atoms with Gasteiger partial charge in [-0.3, -0.25) is 0 Å². The molecule has 2 rings (SSSR count). The van der Waals surface area contributed by atoms with Crippen molar-refractivity contribution in [1.82, 2.24) is 9.80 Å². The van der Waals surface area contributed by atoms with Crippen LogP contribution in [0.3, 0.4) is 0 Å². The lowest BCUT2D eigenvalue weighted by Gasteiger charge is -2.32. The molecule has 1 aromatic rings. The van der Waals surface area contributed by atoms with E-state index in [1.807, 2.05) is 24.3 Å². The molecule has 0 N–H and O–H groups in total. The minimum atomic E-state index is 0.810. The van der Waals surface area contributed by atoms with Crippen molar-refractivity contribution in [1.29, 1.82) is 0 Å². The van der Waals surface area contributed by atoms with Crippen LogP contribution < -0.4 is 4.74 Å². The Morgan fingerprint density at radius 3 is 2.68 bits per heavy atom. The van der Waals surface area contributed by atoms with Crippen LogP contribution in [0.1, 0.15) is 12.8 Å². The largest absolute Gasteiger partial charge is 0.494 e. The molecule has 19 heavy (non-hydrogen) atoms. The topological polar surface area (TPSA) is 15.7 Å². The van der Waals surface area contributed by atoms with Gasteiger partial charge in [0, 0.05) is 30.7 Å². The lowest BCUT2D eigenvalue weighted by atomic mass is 10.2. The van der Waals surface area contributed by atoms with Crippen LogP contribution in [0.4, 0.5) is 0 Å². The molecule has 0 saturated carbocycles. The molecule has 0 amide bonds. The predicted molar refractivity (Wildman–Crippen MR) is 82.8 cm³/mol. The third-order valence-electron chi connectivity index (χ3n) is 3.53. The van der Waals surface area contributed by atoms with E-state index in [0.29, 0.717) is 0 Å². The van der Waals surface area contributed by atoms with Crippen molar-refractivity contribution in [3.63, 3.8) is 0 Å². The van der Waals surface area contributed by atoms with Crippen molar-refractivity contribution >= 4 is 15.9 Å². The number of nitrogens with zero attached hydrogens (tertiary/aromatic N) is 2. The van der Waals surface area contributed by atoms with E-state index in [9.17, 15) is 0 Å². The lowest BCUT2D eigenvalue weighted by molar-refractivity contribution is 0.150. The summed E-state index contributed by atoms with van der Waals surface area (Å²) in [6, 6.07) is 8.04. The maximum Gasteiger partial charge on any atom is 0.120 e. The maximum atomic E-state index is 5.74. The molecule has 106 valence electrons. The van der Waals surface area contributed by atoms with Gasteiger partial charge in [0.15, 0.2) is 0 Å². The highest BCUT2D eigenvalue weighted by atomic mass is 79.9. The van der Waals surface area contributed by atoms with Crippen molar-refractivity contribution in [3.05, 3.63) is 28.7 Å². The fraction of sp³-hybridized carbons (Fsp3) is 0.600. The van der Waals surface area contributed by atoms with Crippen LogP contribution in [0.25, 0.3) is 0 Å². The van der Waals surface area contributed by atoms with Gasteiger partial charge in [0.1, 0.15) is 5.75 Å².